The fraction of sp³-hybridized carbons (Fsp3) is 0.176. The molecule has 0 radical (unpaired) electrons. The van der Waals surface area contributed by atoms with Crippen molar-refractivity contribution in [2.45, 2.75) is 20.3 Å². The quantitative estimate of drug-likeness (QED) is 0.408. The Labute approximate surface area is 111 Å². The van der Waals surface area contributed by atoms with Crippen molar-refractivity contribution in [3.63, 3.8) is 0 Å². The fourth-order valence-electron chi connectivity index (χ4n) is 3.01. The lowest BCUT2D eigenvalue weighted by Crippen LogP contribution is -1.80. The third kappa shape index (κ3) is 1.20. The second-order valence-electron chi connectivity index (χ2n) is 5.09. The smallest absolute Gasteiger partial charge is 0.0389 e. The molecule has 4 rings (SSSR count). The summed E-state index contributed by atoms with van der Waals surface area (Å²) < 4.78 is 1.50. The van der Waals surface area contributed by atoms with E-state index < -0.39 is 0 Å². The van der Waals surface area contributed by atoms with Crippen LogP contribution in [0.4, 0.5) is 0 Å². The predicted octanol–water partition coefficient (Wildman–Crippen LogP) is 5.09. The summed E-state index contributed by atoms with van der Waals surface area (Å²) in [5.41, 5.74) is 7.34. The Kier molecular flexibility index (Phi) is 1.98. The van der Waals surface area contributed by atoms with Crippen LogP contribution in [0, 0.1) is 13.8 Å². The Hall–Kier alpha value is -1.60. The van der Waals surface area contributed by atoms with Crippen molar-refractivity contribution in [3.8, 4) is 11.1 Å². The summed E-state index contributed by atoms with van der Waals surface area (Å²) in [6, 6.07) is 13.4. The zero-order valence-electron chi connectivity index (χ0n) is 10.6. The number of thiophene rings is 1. The van der Waals surface area contributed by atoms with Gasteiger partial charge in [0.15, 0.2) is 0 Å². The number of hydrogen-bond donors (Lipinski definition) is 0. The number of benzene rings is 2. The molecular formula is C17H14S. The van der Waals surface area contributed by atoms with Gasteiger partial charge in [0.05, 0.1) is 0 Å². The van der Waals surface area contributed by atoms with Crippen LogP contribution in [0.5, 0.6) is 0 Å². The van der Waals surface area contributed by atoms with E-state index in [0.717, 1.165) is 6.42 Å². The van der Waals surface area contributed by atoms with Gasteiger partial charge < -0.3 is 0 Å². The first-order chi connectivity index (χ1) is 8.75. The lowest BCUT2D eigenvalue weighted by atomic mass is 10.0. The molecule has 18 heavy (non-hydrogen) atoms. The van der Waals surface area contributed by atoms with Crippen molar-refractivity contribution < 1.29 is 0 Å². The number of rotatable bonds is 0. The molecule has 0 atom stereocenters. The van der Waals surface area contributed by atoms with Crippen LogP contribution < -0.4 is 0 Å². The highest BCUT2D eigenvalue weighted by molar-refractivity contribution is 7.19. The highest BCUT2D eigenvalue weighted by Gasteiger charge is 2.21. The second kappa shape index (κ2) is 3.46. The van der Waals surface area contributed by atoms with Crippen LogP contribution in [0.2, 0.25) is 0 Å². The van der Waals surface area contributed by atoms with E-state index in [0.29, 0.717) is 0 Å². The molecule has 0 aliphatic heterocycles. The van der Waals surface area contributed by atoms with Crippen LogP contribution in [0.25, 0.3) is 21.2 Å². The molecule has 3 aromatic rings. The minimum Gasteiger partial charge on any atom is -0.140 e. The third-order valence-electron chi connectivity index (χ3n) is 4.12. The van der Waals surface area contributed by atoms with Gasteiger partial charge in [-0.15, -0.1) is 11.3 Å². The molecule has 0 nitrogen and oxygen atoms in total. The Morgan fingerprint density at radius 3 is 2.67 bits per heavy atom. The molecule has 0 fully saturated rings. The maximum atomic E-state index is 2.31. The third-order valence-corrected chi connectivity index (χ3v) is 5.41. The average Bonchev–Trinajstić information content (AvgIpc) is 2.89. The van der Waals surface area contributed by atoms with Gasteiger partial charge in [-0.3, -0.25) is 0 Å². The van der Waals surface area contributed by atoms with Crippen molar-refractivity contribution in [2.75, 3.05) is 0 Å². The fourth-order valence-corrected chi connectivity index (χ4v) is 4.22. The van der Waals surface area contributed by atoms with Gasteiger partial charge in [0, 0.05) is 16.0 Å². The summed E-state index contributed by atoms with van der Waals surface area (Å²) in [5, 5.41) is 1.45. The molecule has 0 N–H and O–H groups in total. The van der Waals surface area contributed by atoms with E-state index in [4.69, 9.17) is 0 Å². The second-order valence-corrected chi connectivity index (χ2v) is 6.31. The van der Waals surface area contributed by atoms with E-state index in [9.17, 15) is 0 Å². The first kappa shape index (κ1) is 10.3. The molecule has 1 heteroatoms. The van der Waals surface area contributed by atoms with E-state index in [2.05, 4.69) is 50.2 Å². The lowest BCUT2D eigenvalue weighted by molar-refractivity contribution is 1.29. The Bertz CT molecular complexity index is 778. The highest BCUT2D eigenvalue weighted by Crippen LogP contribution is 2.43. The molecule has 1 heterocycles. The minimum atomic E-state index is 1.10. The van der Waals surface area contributed by atoms with Gasteiger partial charge in [-0.05, 0) is 47.1 Å². The van der Waals surface area contributed by atoms with Crippen LogP contribution in [0.1, 0.15) is 21.6 Å². The van der Waals surface area contributed by atoms with Gasteiger partial charge in [-0.1, -0.05) is 36.4 Å². The van der Waals surface area contributed by atoms with E-state index in [1.807, 2.05) is 11.3 Å². The van der Waals surface area contributed by atoms with E-state index in [1.165, 1.54) is 42.8 Å². The van der Waals surface area contributed by atoms with Gasteiger partial charge in [0.2, 0.25) is 0 Å². The zero-order valence-corrected chi connectivity index (χ0v) is 11.4. The van der Waals surface area contributed by atoms with Crippen molar-refractivity contribution in [1.82, 2.24) is 0 Å². The van der Waals surface area contributed by atoms with E-state index in [1.54, 1.807) is 0 Å². The standard InChI is InChI=1S/C17H14S/c1-10-11(2)18-17-13(10)7-8-15-14-6-4-3-5-12(14)9-16(15)17/h3-8H,9H2,1-2H3. The highest BCUT2D eigenvalue weighted by atomic mass is 32.1. The van der Waals surface area contributed by atoms with Crippen LogP contribution in [0.3, 0.4) is 0 Å². The minimum absolute atomic E-state index is 1.10. The molecule has 1 aromatic heterocycles. The van der Waals surface area contributed by atoms with Gasteiger partial charge in [-0.2, -0.15) is 0 Å². The summed E-state index contributed by atoms with van der Waals surface area (Å²) in [6.07, 6.45) is 1.10. The molecule has 0 saturated heterocycles. The van der Waals surface area contributed by atoms with E-state index in [-0.39, 0.29) is 0 Å². The van der Waals surface area contributed by atoms with Gasteiger partial charge in [0.25, 0.3) is 0 Å². The topological polar surface area (TPSA) is 0 Å². The Balaban J connectivity index is 2.10. The molecule has 0 bridgehead atoms. The normalized spacial score (nSPS) is 12.8. The molecule has 0 amide bonds. The summed E-state index contributed by atoms with van der Waals surface area (Å²) in [6.45, 7) is 4.47. The summed E-state index contributed by atoms with van der Waals surface area (Å²) >= 11 is 1.95. The maximum absolute atomic E-state index is 2.31. The first-order valence-electron chi connectivity index (χ1n) is 6.35. The lowest BCUT2D eigenvalue weighted by Gasteiger charge is -2.01. The molecule has 1 aliphatic carbocycles. The Morgan fingerprint density at radius 2 is 1.78 bits per heavy atom. The monoisotopic (exact) mass is 250 g/mol. The summed E-state index contributed by atoms with van der Waals surface area (Å²) in [7, 11) is 0. The Morgan fingerprint density at radius 1 is 0.944 bits per heavy atom. The molecule has 0 saturated carbocycles. The number of aryl methyl sites for hydroxylation is 2. The van der Waals surface area contributed by atoms with Gasteiger partial charge in [-0.25, -0.2) is 0 Å². The molecule has 0 unspecified atom stereocenters. The van der Waals surface area contributed by atoms with Crippen molar-refractivity contribution >= 4 is 21.4 Å². The largest absolute Gasteiger partial charge is 0.140 e. The number of fused-ring (bicyclic) bond motifs is 5. The SMILES string of the molecule is Cc1sc2c3c(ccc2c1C)-c1ccccc1C3. The molecule has 88 valence electrons. The van der Waals surface area contributed by atoms with Crippen LogP contribution in [-0.2, 0) is 6.42 Å². The average molecular weight is 250 g/mol. The zero-order chi connectivity index (χ0) is 12.3. The first-order valence-corrected chi connectivity index (χ1v) is 7.17. The molecular weight excluding hydrogens is 236 g/mol. The molecule has 1 aliphatic rings. The predicted molar refractivity (Wildman–Crippen MR) is 79.5 cm³/mol. The van der Waals surface area contributed by atoms with Crippen LogP contribution in [-0.4, -0.2) is 0 Å². The van der Waals surface area contributed by atoms with Crippen molar-refractivity contribution in [3.05, 3.63) is 58.0 Å². The van der Waals surface area contributed by atoms with Crippen molar-refractivity contribution in [2.24, 2.45) is 0 Å². The summed E-state index contributed by atoms with van der Waals surface area (Å²) in [5.74, 6) is 0. The molecule has 2 aromatic carbocycles. The van der Waals surface area contributed by atoms with Crippen molar-refractivity contribution in [1.29, 1.82) is 0 Å². The van der Waals surface area contributed by atoms with Gasteiger partial charge >= 0.3 is 0 Å². The van der Waals surface area contributed by atoms with Gasteiger partial charge in [0.1, 0.15) is 0 Å². The van der Waals surface area contributed by atoms with Crippen LogP contribution >= 0.6 is 11.3 Å². The number of hydrogen-bond acceptors (Lipinski definition) is 1. The molecule has 0 spiro atoms. The maximum Gasteiger partial charge on any atom is 0.0389 e. The summed E-state index contributed by atoms with van der Waals surface area (Å²) in [4.78, 5) is 1.45. The van der Waals surface area contributed by atoms with E-state index >= 15 is 0 Å². The van der Waals surface area contributed by atoms with Crippen LogP contribution in [0.15, 0.2) is 36.4 Å².